The number of hydrogen-bond donors (Lipinski definition) is 10. The Morgan fingerprint density at radius 2 is 1.67 bits per heavy atom. The predicted octanol–water partition coefficient (Wildman–Crippen LogP) is 3.95. The molecular formula is C39H66N7O19P3S. The fourth-order valence-electron chi connectivity index (χ4n) is 6.57. The van der Waals surface area contributed by atoms with Crippen LogP contribution in [-0.2, 0) is 55.6 Å². The molecule has 0 aromatic carbocycles. The second-order valence-corrected chi connectivity index (χ2v) is 21.9. The summed E-state index contributed by atoms with van der Waals surface area (Å²) in [4.78, 5) is 93.0. The van der Waals surface area contributed by atoms with Crippen molar-refractivity contribution in [2.75, 3.05) is 37.8 Å². The molecule has 0 bridgehead atoms. The Labute approximate surface area is 403 Å². The zero-order valence-electron chi connectivity index (χ0n) is 38.6. The van der Waals surface area contributed by atoms with Gasteiger partial charge in [0.15, 0.2) is 22.8 Å². The standard InChI is InChI=1S/C39H66N7O19P3S/c1-4-5-6-7-8-10-13-16-27(63-52)17-14-11-9-12-15-18-30(48)69-22-21-41-29(47)19-20-42-37(51)34(50)39(2,3)24-61-68(58,59)65-67(56,57)60-23-28-33(64-66(53,54)55)32(49)38(62-28)46-26-45-31-35(40)43-25-44-36(31)46/h8,10,13,16,25-28,32-34,38,49-50,52H,4-7,9,11-12,14-15,17-24H2,1-3H3,(H,41,47)(H,42,51)(H,56,57)(H,58,59)(H2,40,43,44)(H2,53,54,55)/b10-8+,16-13+. The summed E-state index contributed by atoms with van der Waals surface area (Å²) in [5.41, 5.74) is 4.26. The molecule has 2 amide bonds. The first-order valence-electron chi connectivity index (χ1n) is 22.2. The summed E-state index contributed by atoms with van der Waals surface area (Å²) in [6.07, 6.45) is 10.5. The van der Waals surface area contributed by atoms with Crippen LogP contribution in [-0.4, -0.2) is 134 Å². The van der Waals surface area contributed by atoms with Crippen molar-refractivity contribution >= 4 is 69.1 Å². The number of allylic oxidation sites excluding steroid dienone is 3. The lowest BCUT2D eigenvalue weighted by molar-refractivity contribution is -0.267. The van der Waals surface area contributed by atoms with E-state index in [0.29, 0.717) is 18.6 Å². The van der Waals surface area contributed by atoms with E-state index in [4.69, 9.17) is 24.8 Å². The van der Waals surface area contributed by atoms with Crippen LogP contribution in [0.4, 0.5) is 5.82 Å². The Balaban J connectivity index is 1.31. The molecule has 1 saturated heterocycles. The summed E-state index contributed by atoms with van der Waals surface area (Å²) in [6, 6.07) is 0. The third-order valence-corrected chi connectivity index (χ3v) is 14.4. The number of aliphatic hydroxyl groups is 2. The quantitative estimate of drug-likeness (QED) is 0.0156. The number of nitrogen functional groups attached to an aromatic ring is 1. The molecule has 26 nitrogen and oxygen atoms in total. The molecular weight excluding hydrogens is 995 g/mol. The van der Waals surface area contributed by atoms with Crippen LogP contribution in [0.3, 0.4) is 0 Å². The van der Waals surface area contributed by atoms with Gasteiger partial charge in [0.05, 0.1) is 19.5 Å². The Morgan fingerprint density at radius 3 is 2.38 bits per heavy atom. The van der Waals surface area contributed by atoms with E-state index >= 15 is 0 Å². The van der Waals surface area contributed by atoms with Gasteiger partial charge in [-0.25, -0.2) is 33.5 Å². The molecule has 8 unspecified atom stereocenters. The second-order valence-electron chi connectivity index (χ2n) is 16.5. The lowest BCUT2D eigenvalue weighted by Crippen LogP contribution is -2.46. The van der Waals surface area contributed by atoms with Crippen molar-refractivity contribution in [3.05, 3.63) is 37.0 Å². The Morgan fingerprint density at radius 1 is 0.957 bits per heavy atom. The number of imidazole rings is 1. The zero-order valence-corrected chi connectivity index (χ0v) is 42.1. The van der Waals surface area contributed by atoms with Crippen LogP contribution < -0.4 is 16.4 Å². The summed E-state index contributed by atoms with van der Waals surface area (Å²) in [6.45, 7) is 2.62. The number of carbonyl (C=O) groups is 3. The summed E-state index contributed by atoms with van der Waals surface area (Å²) in [5, 5.41) is 35.7. The number of aliphatic hydroxyl groups excluding tert-OH is 2. The molecule has 69 heavy (non-hydrogen) atoms. The number of ether oxygens (including phenoxy) is 1. The van der Waals surface area contributed by atoms with Crippen molar-refractivity contribution in [3.8, 4) is 0 Å². The number of thioether (sulfide) groups is 1. The Kier molecular flexibility index (Phi) is 25.7. The molecule has 30 heteroatoms. The number of aromatic nitrogens is 4. The summed E-state index contributed by atoms with van der Waals surface area (Å²) in [7, 11) is -16.4. The highest BCUT2D eigenvalue weighted by molar-refractivity contribution is 8.13. The van der Waals surface area contributed by atoms with Gasteiger partial charge in [0.1, 0.15) is 42.4 Å². The van der Waals surface area contributed by atoms with Gasteiger partial charge in [-0.3, -0.25) is 37.8 Å². The Hall–Kier alpha value is -3.04. The molecule has 392 valence electrons. The number of phosphoric ester groups is 3. The average molecular weight is 1060 g/mol. The van der Waals surface area contributed by atoms with Gasteiger partial charge in [0.2, 0.25) is 11.8 Å². The smallest absolute Gasteiger partial charge is 0.386 e. The largest absolute Gasteiger partial charge is 0.481 e. The van der Waals surface area contributed by atoms with Gasteiger partial charge in [0.25, 0.3) is 0 Å². The molecule has 8 atom stereocenters. The number of amides is 2. The number of phosphoric acid groups is 3. The SMILES string of the molecule is CCCCC/C=C/C=C/C(CCCCCCCC(=O)SCCNC(=O)CCNC(=O)C(O)C(C)(C)COP(=O)(O)OP(=O)(O)OCC1OC(n2cnc3c(N)ncnc32)C(O)C1OP(=O)(O)O)OO. The fourth-order valence-corrected chi connectivity index (χ4v) is 10.1. The van der Waals surface area contributed by atoms with Crippen LogP contribution >= 0.6 is 35.2 Å². The lowest BCUT2D eigenvalue weighted by Gasteiger charge is -2.30. The van der Waals surface area contributed by atoms with Crippen LogP contribution in [0.15, 0.2) is 37.0 Å². The molecule has 0 spiro atoms. The summed E-state index contributed by atoms with van der Waals surface area (Å²) < 4.78 is 62.4. The first-order chi connectivity index (χ1) is 32.5. The molecule has 2 aromatic heterocycles. The van der Waals surface area contributed by atoms with Crippen molar-refractivity contribution in [3.63, 3.8) is 0 Å². The van der Waals surface area contributed by atoms with Crippen molar-refractivity contribution in [2.24, 2.45) is 5.41 Å². The van der Waals surface area contributed by atoms with Crippen molar-refractivity contribution in [1.82, 2.24) is 30.2 Å². The van der Waals surface area contributed by atoms with Crippen LogP contribution in [0, 0.1) is 5.41 Å². The highest BCUT2D eigenvalue weighted by Gasteiger charge is 2.50. The third kappa shape index (κ3) is 22.1. The average Bonchev–Trinajstić information content (AvgIpc) is 3.84. The lowest BCUT2D eigenvalue weighted by atomic mass is 9.87. The highest BCUT2D eigenvalue weighted by Crippen LogP contribution is 2.61. The minimum atomic E-state index is -5.59. The third-order valence-electron chi connectivity index (χ3n) is 10.3. The van der Waals surface area contributed by atoms with E-state index in [1.165, 1.54) is 26.7 Å². The monoisotopic (exact) mass is 1060 g/mol. The maximum Gasteiger partial charge on any atom is 0.481 e. The van der Waals surface area contributed by atoms with Crippen molar-refractivity contribution < 1.29 is 90.6 Å². The van der Waals surface area contributed by atoms with E-state index in [1.807, 2.05) is 18.2 Å². The molecule has 3 rings (SSSR count). The molecule has 2 aromatic rings. The fraction of sp³-hybridized carbons (Fsp3) is 0.692. The van der Waals surface area contributed by atoms with Gasteiger partial charge in [-0.2, -0.15) is 4.31 Å². The van der Waals surface area contributed by atoms with Crippen molar-refractivity contribution in [2.45, 2.75) is 135 Å². The van der Waals surface area contributed by atoms with E-state index in [2.05, 4.69) is 52.3 Å². The number of carbonyl (C=O) groups excluding carboxylic acids is 3. The van der Waals surface area contributed by atoms with Gasteiger partial charge in [-0.05, 0) is 25.7 Å². The molecule has 1 aliphatic rings. The van der Waals surface area contributed by atoms with E-state index in [9.17, 15) is 57.9 Å². The predicted molar refractivity (Wildman–Crippen MR) is 249 cm³/mol. The molecule has 1 aliphatic heterocycles. The first kappa shape index (κ1) is 60.3. The number of rotatable bonds is 34. The van der Waals surface area contributed by atoms with E-state index in [1.54, 1.807) is 0 Å². The molecule has 1 fully saturated rings. The maximum atomic E-state index is 12.7. The minimum Gasteiger partial charge on any atom is -0.386 e. The number of nitrogens with zero attached hydrogens (tertiary/aromatic N) is 4. The van der Waals surface area contributed by atoms with E-state index < -0.39 is 84.6 Å². The maximum absolute atomic E-state index is 12.7. The number of anilines is 1. The summed E-state index contributed by atoms with van der Waals surface area (Å²) >= 11 is 1.10. The van der Waals surface area contributed by atoms with Crippen LogP contribution in [0.5, 0.6) is 0 Å². The normalized spacial score (nSPS) is 20.6. The van der Waals surface area contributed by atoms with Crippen LogP contribution in [0.25, 0.3) is 11.2 Å². The number of fused-ring (bicyclic) bond motifs is 1. The van der Waals surface area contributed by atoms with Crippen LogP contribution in [0.2, 0.25) is 0 Å². The van der Waals surface area contributed by atoms with Gasteiger partial charge in [-0.1, -0.05) is 95.4 Å². The molecule has 0 saturated carbocycles. The molecule has 0 aliphatic carbocycles. The first-order valence-corrected chi connectivity index (χ1v) is 27.7. The van der Waals surface area contributed by atoms with Crippen molar-refractivity contribution in [1.29, 1.82) is 0 Å². The topological polar surface area (TPSA) is 393 Å². The van der Waals surface area contributed by atoms with E-state index in [0.717, 1.165) is 73.9 Å². The van der Waals surface area contributed by atoms with Gasteiger partial charge >= 0.3 is 23.5 Å². The van der Waals surface area contributed by atoms with Gasteiger partial charge in [0, 0.05) is 37.1 Å². The zero-order chi connectivity index (χ0) is 51.3. The van der Waals surface area contributed by atoms with Gasteiger partial charge in [-0.15, -0.1) is 0 Å². The molecule has 3 heterocycles. The number of nitrogens with one attached hydrogen (secondary N) is 2. The molecule has 11 N–H and O–H groups in total. The minimum absolute atomic E-state index is 0.00260. The van der Waals surface area contributed by atoms with Crippen LogP contribution in [0.1, 0.15) is 104 Å². The number of hydrogen-bond acceptors (Lipinski definition) is 20. The molecule has 0 radical (unpaired) electrons. The second kappa shape index (κ2) is 29.5. The number of unbranched alkanes of at least 4 members (excludes halogenated alkanes) is 7. The highest BCUT2D eigenvalue weighted by atomic mass is 32.2. The number of nitrogens with two attached hydrogens (primary N) is 1. The van der Waals surface area contributed by atoms with E-state index in [-0.39, 0.29) is 47.7 Å². The summed E-state index contributed by atoms with van der Waals surface area (Å²) in [5.74, 6) is -1.12. The Bertz CT molecular complexity index is 2150. The van der Waals surface area contributed by atoms with Gasteiger partial charge < -0.3 is 50.9 Å².